The lowest BCUT2D eigenvalue weighted by Gasteiger charge is -2.23. The minimum absolute atomic E-state index is 0.0688. The van der Waals surface area contributed by atoms with E-state index in [2.05, 4.69) is 17.1 Å². The van der Waals surface area contributed by atoms with Crippen LogP contribution in [0, 0.1) is 0 Å². The zero-order valence-corrected chi connectivity index (χ0v) is 17.7. The lowest BCUT2D eigenvalue weighted by Crippen LogP contribution is -2.31. The molecule has 2 aliphatic rings. The van der Waals surface area contributed by atoms with Crippen LogP contribution in [0.15, 0.2) is 35.7 Å². The fourth-order valence-electron chi connectivity index (χ4n) is 3.62. The number of hydrogen-bond donors (Lipinski definition) is 0. The van der Waals surface area contributed by atoms with Gasteiger partial charge in [0.2, 0.25) is 0 Å². The summed E-state index contributed by atoms with van der Waals surface area (Å²) in [5.41, 5.74) is 1.49. The van der Waals surface area contributed by atoms with Crippen LogP contribution < -0.4 is 0 Å². The molecule has 0 spiro atoms. The number of aromatic nitrogens is 1. The van der Waals surface area contributed by atoms with Crippen molar-refractivity contribution in [1.82, 2.24) is 10.0 Å². The third-order valence-corrected chi connectivity index (χ3v) is 5.94. The molecule has 0 aliphatic carbocycles. The number of carbonyl (C=O) groups excluding carboxylic acids is 1. The summed E-state index contributed by atoms with van der Waals surface area (Å²) in [6.07, 6.45) is 0.436. The van der Waals surface area contributed by atoms with Gasteiger partial charge in [0.15, 0.2) is 11.5 Å². The number of benzene rings is 1. The minimum Gasteiger partial charge on any atom is -0.461 e. The average Bonchev–Trinajstić information content (AvgIpc) is 3.41. The maximum absolute atomic E-state index is 12.0. The molecule has 2 saturated heterocycles. The number of hydrogen-bond acceptors (Lipinski definition) is 8. The van der Waals surface area contributed by atoms with Crippen molar-refractivity contribution in [3.63, 3.8) is 0 Å². The highest BCUT2D eigenvalue weighted by molar-refractivity contribution is 7.09. The third kappa shape index (κ3) is 4.67. The molecule has 2 fully saturated rings. The first kappa shape index (κ1) is 20.4. The Hall–Kier alpha value is -1.84. The molecule has 1 aromatic heterocycles. The van der Waals surface area contributed by atoms with Crippen LogP contribution in [0.1, 0.15) is 54.3 Å². The molecule has 0 amide bonds. The van der Waals surface area contributed by atoms with E-state index in [1.165, 1.54) is 11.3 Å². The fraction of sp³-hybridized carbons (Fsp3) is 0.524. The summed E-state index contributed by atoms with van der Waals surface area (Å²) in [5, 5.41) is 4.53. The summed E-state index contributed by atoms with van der Waals surface area (Å²) in [4.78, 5) is 22.9. The van der Waals surface area contributed by atoms with Gasteiger partial charge in [-0.3, -0.25) is 4.84 Å². The van der Waals surface area contributed by atoms with Gasteiger partial charge in [-0.2, -0.15) is 5.06 Å². The van der Waals surface area contributed by atoms with Gasteiger partial charge in [-0.15, -0.1) is 11.3 Å². The number of nitrogens with zero attached hydrogens (tertiary/aromatic N) is 2. The Morgan fingerprint density at radius 1 is 1.31 bits per heavy atom. The summed E-state index contributed by atoms with van der Waals surface area (Å²) in [7, 11) is 0. The minimum atomic E-state index is -0.603. The van der Waals surface area contributed by atoms with Crippen LogP contribution in [0.3, 0.4) is 0 Å². The van der Waals surface area contributed by atoms with E-state index in [-0.39, 0.29) is 18.2 Å². The predicted molar refractivity (Wildman–Crippen MR) is 107 cm³/mol. The Balaban J connectivity index is 1.54. The molecular formula is C21H26N2O5S. The number of ether oxygens (including phenoxy) is 3. The first-order chi connectivity index (χ1) is 13.9. The zero-order valence-electron chi connectivity index (χ0n) is 16.9. The van der Waals surface area contributed by atoms with E-state index in [9.17, 15) is 4.79 Å². The number of thiazole rings is 1. The fourth-order valence-corrected chi connectivity index (χ4v) is 4.52. The van der Waals surface area contributed by atoms with Crippen molar-refractivity contribution in [2.24, 2.45) is 0 Å². The number of carbonyl (C=O) groups is 1. The zero-order chi connectivity index (χ0) is 20.4. The van der Waals surface area contributed by atoms with Gasteiger partial charge in [0.1, 0.15) is 17.2 Å². The highest BCUT2D eigenvalue weighted by Gasteiger charge is 2.45. The highest BCUT2D eigenvalue weighted by Crippen LogP contribution is 2.40. The lowest BCUT2D eigenvalue weighted by molar-refractivity contribution is -0.207. The molecule has 156 valence electrons. The molecule has 0 radical (unpaired) electrons. The maximum atomic E-state index is 12.0. The van der Waals surface area contributed by atoms with Crippen molar-refractivity contribution in [3.8, 4) is 0 Å². The van der Waals surface area contributed by atoms with E-state index in [1.807, 2.05) is 37.1 Å². The molecular weight excluding hydrogens is 392 g/mol. The summed E-state index contributed by atoms with van der Waals surface area (Å²) in [6.45, 7) is 7.05. The second-order valence-electron chi connectivity index (χ2n) is 7.61. The molecule has 3 atom stereocenters. The van der Waals surface area contributed by atoms with E-state index in [0.29, 0.717) is 31.9 Å². The molecule has 7 nitrogen and oxygen atoms in total. The molecule has 0 N–H and O–H groups in total. The monoisotopic (exact) mass is 418 g/mol. The molecule has 4 rings (SSSR count). The average molecular weight is 419 g/mol. The van der Waals surface area contributed by atoms with Crippen molar-refractivity contribution in [3.05, 3.63) is 52.0 Å². The largest absolute Gasteiger partial charge is 0.461 e. The first-order valence-corrected chi connectivity index (χ1v) is 10.7. The predicted octanol–water partition coefficient (Wildman–Crippen LogP) is 3.72. The Labute approximate surface area is 174 Å². The SMILES string of the molecule is CCOC(=O)c1csc([C@H]2C[C@@H]([C@H]3COC(C)(C)O3)ON2Cc2ccccc2)n1. The molecule has 1 aromatic carbocycles. The first-order valence-electron chi connectivity index (χ1n) is 9.87. The van der Waals surface area contributed by atoms with Crippen LogP contribution in [0.5, 0.6) is 0 Å². The van der Waals surface area contributed by atoms with Crippen LogP contribution in [-0.2, 0) is 25.6 Å². The van der Waals surface area contributed by atoms with Crippen molar-refractivity contribution in [1.29, 1.82) is 0 Å². The normalized spacial score (nSPS) is 26.7. The summed E-state index contributed by atoms with van der Waals surface area (Å²) >= 11 is 1.45. The van der Waals surface area contributed by atoms with Gasteiger partial charge in [-0.25, -0.2) is 9.78 Å². The van der Waals surface area contributed by atoms with E-state index in [0.717, 1.165) is 10.6 Å². The van der Waals surface area contributed by atoms with Crippen LogP contribution in [0.25, 0.3) is 0 Å². The van der Waals surface area contributed by atoms with Crippen LogP contribution in [-0.4, -0.2) is 47.2 Å². The number of hydroxylamine groups is 2. The summed E-state index contributed by atoms with van der Waals surface area (Å²) < 4.78 is 16.8. The number of esters is 1. The molecule has 2 aromatic rings. The Morgan fingerprint density at radius 3 is 2.79 bits per heavy atom. The van der Waals surface area contributed by atoms with Crippen LogP contribution in [0.2, 0.25) is 0 Å². The number of rotatable bonds is 6. The van der Waals surface area contributed by atoms with Crippen molar-refractivity contribution >= 4 is 17.3 Å². The van der Waals surface area contributed by atoms with Gasteiger partial charge in [-0.1, -0.05) is 30.3 Å². The molecule has 0 bridgehead atoms. The van der Waals surface area contributed by atoms with Crippen LogP contribution >= 0.6 is 11.3 Å². The standard InChI is InChI=1S/C21H26N2O5S/c1-4-25-20(24)15-13-29-19(22-15)16-10-17(18-12-26-21(2,3)27-18)28-23(16)11-14-8-6-5-7-9-14/h5-9,13,16-18H,4,10-12H2,1-3H3/t16-,17+,18-/m1/s1. The topological polar surface area (TPSA) is 70.1 Å². The Morgan fingerprint density at radius 2 is 2.10 bits per heavy atom. The maximum Gasteiger partial charge on any atom is 0.357 e. The van der Waals surface area contributed by atoms with Gasteiger partial charge in [-0.05, 0) is 26.3 Å². The molecule has 0 saturated carbocycles. The highest BCUT2D eigenvalue weighted by atomic mass is 32.1. The summed E-state index contributed by atoms with van der Waals surface area (Å²) in [5.74, 6) is -0.997. The van der Waals surface area contributed by atoms with Gasteiger partial charge >= 0.3 is 5.97 Å². The second-order valence-corrected chi connectivity index (χ2v) is 8.50. The van der Waals surface area contributed by atoms with Gasteiger partial charge in [0, 0.05) is 18.3 Å². The Bertz CT molecular complexity index is 841. The van der Waals surface area contributed by atoms with Crippen LogP contribution in [0.4, 0.5) is 0 Å². The van der Waals surface area contributed by atoms with E-state index < -0.39 is 11.8 Å². The molecule has 3 heterocycles. The molecule has 29 heavy (non-hydrogen) atoms. The van der Waals surface area contributed by atoms with E-state index in [4.69, 9.17) is 19.0 Å². The smallest absolute Gasteiger partial charge is 0.357 e. The quantitative estimate of drug-likeness (QED) is 0.662. The van der Waals surface area contributed by atoms with E-state index in [1.54, 1.807) is 12.3 Å². The van der Waals surface area contributed by atoms with Crippen molar-refractivity contribution in [2.45, 2.75) is 57.8 Å². The molecule has 8 heteroatoms. The molecule has 0 unspecified atom stereocenters. The van der Waals surface area contributed by atoms with Gasteiger partial charge in [0.05, 0.1) is 19.3 Å². The second kappa shape index (κ2) is 8.49. The van der Waals surface area contributed by atoms with Crippen molar-refractivity contribution in [2.75, 3.05) is 13.2 Å². The van der Waals surface area contributed by atoms with Gasteiger partial charge in [0.25, 0.3) is 0 Å². The Kier molecular flexibility index (Phi) is 5.98. The van der Waals surface area contributed by atoms with Gasteiger partial charge < -0.3 is 14.2 Å². The summed E-state index contributed by atoms with van der Waals surface area (Å²) in [6, 6.07) is 10.1. The van der Waals surface area contributed by atoms with Crippen molar-refractivity contribution < 1.29 is 23.8 Å². The van der Waals surface area contributed by atoms with E-state index >= 15 is 0 Å². The lowest BCUT2D eigenvalue weighted by atomic mass is 10.1. The molecule has 2 aliphatic heterocycles. The third-order valence-electron chi connectivity index (χ3n) is 4.99.